The van der Waals surface area contributed by atoms with E-state index in [1.54, 1.807) is 0 Å². The van der Waals surface area contributed by atoms with Crippen LogP contribution in [0.15, 0.2) is 42.5 Å². The Morgan fingerprint density at radius 1 is 0.882 bits per heavy atom. The number of carbonyl (C=O) groups is 4. The number of fused-ring (bicyclic) bond motifs is 4. The van der Waals surface area contributed by atoms with Gasteiger partial charge in [0.25, 0.3) is 11.8 Å². The molecule has 412 valence electrons. The second-order valence-electron chi connectivity index (χ2n) is 19.0. The topological polar surface area (TPSA) is 244 Å². The van der Waals surface area contributed by atoms with Crippen molar-refractivity contribution in [1.82, 2.24) is 34.8 Å². The number of amides is 2. The van der Waals surface area contributed by atoms with E-state index in [0.29, 0.717) is 17.2 Å². The van der Waals surface area contributed by atoms with Gasteiger partial charge in [0.05, 0.1) is 58.3 Å². The molecule has 0 aliphatic heterocycles. The summed E-state index contributed by atoms with van der Waals surface area (Å²) in [5.74, 6) is -16.4. The van der Waals surface area contributed by atoms with Crippen LogP contribution in [0.2, 0.25) is 5.02 Å². The molecule has 3 heterocycles. The molecule has 2 aromatic carbocycles. The maximum absolute atomic E-state index is 15.6. The number of carbonyl (C=O) groups excluding carboxylic acids is 2. The zero-order valence-corrected chi connectivity index (χ0v) is 42.3. The molecular weight excluding hydrogens is 1100 g/mol. The first kappa shape index (κ1) is 57.3. The highest BCUT2D eigenvalue weighted by atomic mass is 35.5. The van der Waals surface area contributed by atoms with Gasteiger partial charge < -0.3 is 15.5 Å². The van der Waals surface area contributed by atoms with Gasteiger partial charge in [0, 0.05) is 40.6 Å². The molecule has 3 atom stereocenters. The molecule has 3 aromatic heterocycles. The number of anilines is 1. The summed E-state index contributed by atoms with van der Waals surface area (Å²) < 4.78 is 199. The number of hydrogen-bond donors (Lipinski definition) is 3. The predicted octanol–water partition coefficient (Wildman–Crippen LogP) is 6.64. The van der Waals surface area contributed by atoms with Gasteiger partial charge in [-0.05, 0) is 75.3 Å². The van der Waals surface area contributed by atoms with Crippen LogP contribution < -0.4 is 9.62 Å². The molecule has 2 amide bonds. The van der Waals surface area contributed by atoms with Crippen LogP contribution in [0.1, 0.15) is 72.6 Å². The Morgan fingerprint density at radius 3 is 2.04 bits per heavy atom. The largest absolute Gasteiger partial charge is 0.480 e. The van der Waals surface area contributed by atoms with Crippen LogP contribution in [0.25, 0.3) is 22.0 Å². The van der Waals surface area contributed by atoms with Crippen molar-refractivity contribution >= 4 is 71.9 Å². The third-order valence-corrected chi connectivity index (χ3v) is 16.3. The quantitative estimate of drug-likeness (QED) is 0.0693. The number of sulfonamides is 1. The van der Waals surface area contributed by atoms with Crippen molar-refractivity contribution in [2.75, 3.05) is 36.5 Å². The minimum Gasteiger partial charge on any atom is -0.480 e. The number of benzene rings is 2. The Morgan fingerprint density at radius 2 is 1.49 bits per heavy atom. The number of aryl methyl sites for hydroxylation is 1. The number of nitrogens with one attached hydrogen (secondary N) is 1. The van der Waals surface area contributed by atoms with Crippen molar-refractivity contribution in [2.45, 2.75) is 87.6 Å². The number of aliphatic carboxylic acids is 2. The van der Waals surface area contributed by atoms with Crippen LogP contribution in [0.5, 0.6) is 0 Å². The van der Waals surface area contributed by atoms with Crippen molar-refractivity contribution in [3.63, 3.8) is 0 Å². The monoisotopic (exact) mass is 1140 g/mol. The highest BCUT2D eigenvalue weighted by molar-refractivity contribution is 7.93. The summed E-state index contributed by atoms with van der Waals surface area (Å²) in [5, 5.41) is 27.1. The van der Waals surface area contributed by atoms with Crippen LogP contribution in [0.3, 0.4) is 0 Å². The minimum atomic E-state index is -5.25. The molecule has 0 saturated heterocycles. The second kappa shape index (κ2) is 20.2. The number of aromatic nitrogens is 5. The molecule has 7 rings (SSSR count). The first-order valence-corrected chi connectivity index (χ1v) is 26.4. The minimum absolute atomic E-state index is 0.00505. The molecule has 1 unspecified atom stereocenters. The maximum atomic E-state index is 15.6. The molecule has 31 heteroatoms. The fraction of sp³-hybridized carbons (Fsp3) is 0.444. The standard InChI is InChI=1S/C45H43ClF10N8O10S2/c1-42(2,75(3,71)72)10-9-24-5-6-25(26-7-8-29(46)36-38(26)63(20-43(49,50)51)60-41(36)64(76(4,73)74)32(66)17-61(18-33(67)68)19-34(69)70)37(57-24)30(13-21-11-22(47)14-23(48)12-21)58-31(65)16-62-40-35(39(59-62)45(54,55)56)27-15-28(27)44(40,52)53/h5-8,11-12,14,27-28,30H,9-10,13,15-20H2,1-4H3,(H,58,65)(H,67,68)(H,69,70)/t27-,28?,30-/m0/s1. The molecule has 1 fully saturated rings. The Labute approximate surface area is 429 Å². The van der Waals surface area contributed by atoms with E-state index in [-0.39, 0.29) is 49.8 Å². The lowest BCUT2D eigenvalue weighted by atomic mass is 9.93. The number of halogens is 11. The first-order valence-electron chi connectivity index (χ1n) is 22.3. The highest BCUT2D eigenvalue weighted by Crippen LogP contribution is 2.68. The number of hydrogen-bond acceptors (Lipinski definition) is 12. The van der Waals surface area contributed by atoms with Gasteiger partial charge in [-0.3, -0.25) is 38.4 Å². The lowest BCUT2D eigenvalue weighted by molar-refractivity contribution is -0.143. The van der Waals surface area contributed by atoms with Crippen molar-refractivity contribution in [3.8, 4) is 11.1 Å². The van der Waals surface area contributed by atoms with E-state index in [0.717, 1.165) is 30.5 Å². The molecule has 0 bridgehead atoms. The van der Waals surface area contributed by atoms with Crippen molar-refractivity contribution in [1.29, 1.82) is 0 Å². The number of carboxylic acids is 2. The molecule has 2 aliphatic rings. The third-order valence-electron chi connectivity index (χ3n) is 12.8. The predicted molar refractivity (Wildman–Crippen MR) is 248 cm³/mol. The zero-order chi connectivity index (χ0) is 56.6. The summed E-state index contributed by atoms with van der Waals surface area (Å²) in [7, 11) is -8.81. The number of carboxylic acid groups (broad SMARTS) is 2. The van der Waals surface area contributed by atoms with E-state index in [1.807, 2.05) is 0 Å². The number of nitrogens with zero attached hydrogens (tertiary/aromatic N) is 7. The van der Waals surface area contributed by atoms with E-state index in [4.69, 9.17) is 11.6 Å². The summed E-state index contributed by atoms with van der Waals surface area (Å²) in [4.78, 5) is 56.4. The fourth-order valence-corrected chi connectivity index (χ4v) is 10.7. The molecule has 5 aromatic rings. The van der Waals surface area contributed by atoms with Gasteiger partial charge in [0.2, 0.25) is 15.9 Å². The number of rotatable bonds is 20. The van der Waals surface area contributed by atoms with Gasteiger partial charge >= 0.3 is 24.3 Å². The van der Waals surface area contributed by atoms with Crippen LogP contribution in [0.4, 0.5) is 49.7 Å². The lowest BCUT2D eigenvalue weighted by Crippen LogP contribution is -2.46. The fourth-order valence-electron chi connectivity index (χ4n) is 9.08. The Balaban J connectivity index is 1.46. The van der Waals surface area contributed by atoms with Gasteiger partial charge in [0.15, 0.2) is 21.3 Å². The van der Waals surface area contributed by atoms with E-state index in [2.05, 4.69) is 20.5 Å². The maximum Gasteiger partial charge on any atom is 0.435 e. The summed E-state index contributed by atoms with van der Waals surface area (Å²) in [5.41, 5.74) is -5.82. The molecule has 0 radical (unpaired) electrons. The van der Waals surface area contributed by atoms with E-state index < -0.39 is 185 Å². The smallest absolute Gasteiger partial charge is 0.435 e. The Kier molecular flexibility index (Phi) is 15.2. The second-order valence-corrected chi connectivity index (χ2v) is 23.9. The third kappa shape index (κ3) is 12.1. The average molecular weight is 1150 g/mol. The van der Waals surface area contributed by atoms with Crippen molar-refractivity contribution in [2.24, 2.45) is 5.92 Å². The van der Waals surface area contributed by atoms with E-state index in [1.165, 1.54) is 26.0 Å². The number of sulfone groups is 1. The Hall–Kier alpha value is -6.40. The van der Waals surface area contributed by atoms with Gasteiger partial charge in [0.1, 0.15) is 30.4 Å². The van der Waals surface area contributed by atoms with Gasteiger partial charge in [-0.15, -0.1) is 0 Å². The molecule has 1 saturated carbocycles. The van der Waals surface area contributed by atoms with Crippen LogP contribution in [0, 0.1) is 17.6 Å². The highest BCUT2D eigenvalue weighted by Gasteiger charge is 2.68. The molecule has 18 nitrogen and oxygen atoms in total. The van der Waals surface area contributed by atoms with Gasteiger partial charge in [-0.2, -0.15) is 49.6 Å². The van der Waals surface area contributed by atoms with E-state index in [9.17, 15) is 81.4 Å². The summed E-state index contributed by atoms with van der Waals surface area (Å²) in [6, 6.07) is 4.74. The SMILES string of the molecule is CC(C)(CCc1ccc(-c2ccc(Cl)c3c(N(C(=O)CN(CC(=O)O)CC(=O)O)S(C)(=O)=O)nn(CC(F)(F)F)c23)c([C@H](Cc2cc(F)cc(F)c2)NC(=O)Cn2nc(C(F)(F)F)c3c2C(F)(F)C2C[C@H]32)n1)S(C)(=O)=O. The first-order chi connectivity index (χ1) is 34.9. The van der Waals surface area contributed by atoms with Gasteiger partial charge in [-0.25, -0.2) is 25.6 Å². The van der Waals surface area contributed by atoms with Crippen LogP contribution >= 0.6 is 11.6 Å². The van der Waals surface area contributed by atoms with Gasteiger partial charge in [-0.1, -0.05) is 23.7 Å². The van der Waals surface area contributed by atoms with Crippen molar-refractivity contribution < 1.29 is 90.1 Å². The number of alkyl halides is 8. The average Bonchev–Trinajstić information content (AvgIpc) is 3.76. The summed E-state index contributed by atoms with van der Waals surface area (Å²) in [6.45, 7) is -4.23. The molecule has 3 N–H and O–H groups in total. The molecular formula is C45H43ClF10N8O10S2. The molecule has 2 aliphatic carbocycles. The normalized spacial score (nSPS) is 16.9. The summed E-state index contributed by atoms with van der Waals surface area (Å²) >= 11 is 6.62. The summed E-state index contributed by atoms with van der Waals surface area (Å²) in [6.07, 6.45) is -10.5. The molecule has 0 spiro atoms. The van der Waals surface area contributed by atoms with Crippen molar-refractivity contribution in [3.05, 3.63) is 93.0 Å². The van der Waals surface area contributed by atoms with Crippen LogP contribution in [-0.4, -0.2) is 123 Å². The lowest BCUT2D eigenvalue weighted by Gasteiger charge is -2.25. The molecule has 76 heavy (non-hydrogen) atoms. The Bertz CT molecular complexity index is 3390. The zero-order valence-electron chi connectivity index (χ0n) is 39.9. The van der Waals surface area contributed by atoms with E-state index >= 15 is 8.78 Å². The number of pyridine rings is 1. The van der Waals surface area contributed by atoms with Crippen LogP contribution in [-0.2, 0) is 77.1 Å².